The molecule has 0 bridgehead atoms. The Labute approximate surface area is 130 Å². The van der Waals surface area contributed by atoms with E-state index in [4.69, 9.17) is 34.8 Å². The van der Waals surface area contributed by atoms with Gasteiger partial charge in [0.15, 0.2) is 0 Å². The Morgan fingerprint density at radius 1 is 1.06 bits per heavy atom. The Balaban J connectivity index is 2.19. The zero-order chi connectivity index (χ0) is 13.1. The molecule has 18 heavy (non-hydrogen) atoms. The Kier molecular flexibility index (Phi) is 4.97. The minimum atomic E-state index is -0.163. The lowest BCUT2D eigenvalue weighted by Crippen LogP contribution is -1.97. The molecule has 0 saturated carbocycles. The number of hydrogen-bond acceptors (Lipinski definition) is 0. The van der Waals surface area contributed by atoms with E-state index in [1.165, 1.54) is 0 Å². The van der Waals surface area contributed by atoms with Gasteiger partial charge in [0.05, 0.1) is 5.38 Å². The van der Waals surface area contributed by atoms with Crippen LogP contribution in [0, 0.1) is 0 Å². The second-order valence-electron chi connectivity index (χ2n) is 3.97. The molecule has 2 rings (SSSR count). The number of hydrogen-bond donors (Lipinski definition) is 0. The molecule has 0 fully saturated rings. The van der Waals surface area contributed by atoms with Crippen molar-refractivity contribution < 1.29 is 0 Å². The van der Waals surface area contributed by atoms with E-state index >= 15 is 0 Å². The summed E-state index contributed by atoms with van der Waals surface area (Å²) >= 11 is 21.9. The standard InChI is InChI=1S/C14H10BrCl3/c15-10-4-5-12(14(18)8-10)13(17)7-9-2-1-3-11(16)6-9/h1-6,8,13H,7H2. The summed E-state index contributed by atoms with van der Waals surface area (Å²) in [7, 11) is 0. The topological polar surface area (TPSA) is 0 Å². The summed E-state index contributed by atoms with van der Waals surface area (Å²) in [6.07, 6.45) is 0.698. The van der Waals surface area contributed by atoms with Gasteiger partial charge in [0.1, 0.15) is 0 Å². The quantitative estimate of drug-likeness (QED) is 0.562. The van der Waals surface area contributed by atoms with Crippen LogP contribution in [0.5, 0.6) is 0 Å². The van der Waals surface area contributed by atoms with Crippen molar-refractivity contribution >= 4 is 50.7 Å². The van der Waals surface area contributed by atoms with E-state index < -0.39 is 0 Å². The monoisotopic (exact) mass is 362 g/mol. The molecule has 0 heterocycles. The van der Waals surface area contributed by atoms with Gasteiger partial charge >= 0.3 is 0 Å². The van der Waals surface area contributed by atoms with E-state index in [0.29, 0.717) is 11.4 Å². The van der Waals surface area contributed by atoms with Crippen molar-refractivity contribution in [1.29, 1.82) is 0 Å². The SMILES string of the molecule is Clc1cccc(CC(Cl)c2ccc(Br)cc2Cl)c1. The number of benzene rings is 2. The fraction of sp³-hybridized carbons (Fsp3) is 0.143. The Bertz CT molecular complexity index is 554. The lowest BCUT2D eigenvalue weighted by molar-refractivity contribution is 0.920. The van der Waals surface area contributed by atoms with Gasteiger partial charge < -0.3 is 0 Å². The zero-order valence-electron chi connectivity index (χ0n) is 9.34. The fourth-order valence-electron chi connectivity index (χ4n) is 1.74. The van der Waals surface area contributed by atoms with Gasteiger partial charge in [0.25, 0.3) is 0 Å². The van der Waals surface area contributed by atoms with Crippen LogP contribution in [0.4, 0.5) is 0 Å². The molecule has 1 unspecified atom stereocenters. The predicted octanol–water partition coefficient (Wildman–Crippen LogP) is 6.28. The van der Waals surface area contributed by atoms with Crippen LogP contribution >= 0.6 is 50.7 Å². The molecule has 2 aromatic carbocycles. The molecule has 0 aromatic heterocycles. The highest BCUT2D eigenvalue weighted by Gasteiger charge is 2.13. The Morgan fingerprint density at radius 2 is 1.83 bits per heavy atom. The summed E-state index contributed by atoms with van der Waals surface area (Å²) in [5.41, 5.74) is 2.03. The van der Waals surface area contributed by atoms with Crippen molar-refractivity contribution in [2.24, 2.45) is 0 Å². The molecular weight excluding hydrogens is 354 g/mol. The summed E-state index contributed by atoms with van der Waals surface area (Å²) in [4.78, 5) is 0. The molecule has 4 heteroatoms. The number of halogens is 4. The molecule has 0 saturated heterocycles. The normalized spacial score (nSPS) is 12.4. The highest BCUT2D eigenvalue weighted by Crippen LogP contribution is 2.32. The molecule has 2 aromatic rings. The summed E-state index contributed by atoms with van der Waals surface area (Å²) < 4.78 is 0.947. The third-order valence-corrected chi connectivity index (χ3v) is 4.05. The van der Waals surface area contributed by atoms with Gasteiger partial charge in [-0.05, 0) is 41.8 Å². The maximum atomic E-state index is 6.41. The van der Waals surface area contributed by atoms with E-state index in [0.717, 1.165) is 20.6 Å². The molecular formula is C14H10BrCl3. The molecule has 0 radical (unpaired) electrons. The minimum absolute atomic E-state index is 0.163. The number of rotatable bonds is 3. The van der Waals surface area contributed by atoms with Gasteiger partial charge in [-0.2, -0.15) is 0 Å². The van der Waals surface area contributed by atoms with Gasteiger partial charge in [-0.3, -0.25) is 0 Å². The van der Waals surface area contributed by atoms with Crippen LogP contribution in [0.3, 0.4) is 0 Å². The Hall–Kier alpha value is -0.210. The van der Waals surface area contributed by atoms with Crippen LogP contribution in [0.15, 0.2) is 46.9 Å². The summed E-state index contributed by atoms with van der Waals surface area (Å²) in [6.45, 7) is 0. The highest BCUT2D eigenvalue weighted by molar-refractivity contribution is 9.10. The summed E-state index contributed by atoms with van der Waals surface area (Å²) in [6, 6.07) is 13.4. The van der Waals surface area contributed by atoms with Crippen molar-refractivity contribution in [3.63, 3.8) is 0 Å². The van der Waals surface area contributed by atoms with Gasteiger partial charge in [-0.15, -0.1) is 11.6 Å². The molecule has 0 nitrogen and oxygen atoms in total. The van der Waals surface area contributed by atoms with Crippen LogP contribution in [-0.4, -0.2) is 0 Å². The minimum Gasteiger partial charge on any atom is -0.117 e. The molecule has 94 valence electrons. The van der Waals surface area contributed by atoms with Crippen LogP contribution in [0.2, 0.25) is 10.0 Å². The molecule has 1 atom stereocenters. The number of alkyl halides is 1. The van der Waals surface area contributed by atoms with Gasteiger partial charge in [0, 0.05) is 14.5 Å². The first-order valence-corrected chi connectivity index (χ1v) is 7.38. The average molecular weight is 364 g/mol. The maximum Gasteiger partial charge on any atom is 0.0640 e. The van der Waals surface area contributed by atoms with E-state index in [2.05, 4.69) is 15.9 Å². The third-order valence-electron chi connectivity index (χ3n) is 2.60. The Morgan fingerprint density at radius 3 is 2.50 bits per heavy atom. The largest absolute Gasteiger partial charge is 0.117 e. The van der Waals surface area contributed by atoms with Crippen molar-refractivity contribution in [3.8, 4) is 0 Å². The lowest BCUT2D eigenvalue weighted by atomic mass is 10.0. The first-order valence-electron chi connectivity index (χ1n) is 5.40. The second kappa shape index (κ2) is 6.29. The summed E-state index contributed by atoms with van der Waals surface area (Å²) in [5, 5.41) is 1.23. The molecule has 0 aliphatic heterocycles. The van der Waals surface area contributed by atoms with Gasteiger partial charge in [0.2, 0.25) is 0 Å². The first-order chi connectivity index (χ1) is 8.56. The zero-order valence-corrected chi connectivity index (χ0v) is 13.2. The fourth-order valence-corrected chi connectivity index (χ4v) is 3.18. The van der Waals surface area contributed by atoms with Crippen LogP contribution < -0.4 is 0 Å². The average Bonchev–Trinajstić information content (AvgIpc) is 2.28. The van der Waals surface area contributed by atoms with Crippen molar-refractivity contribution in [3.05, 3.63) is 68.1 Å². The van der Waals surface area contributed by atoms with Crippen LogP contribution in [0.1, 0.15) is 16.5 Å². The second-order valence-corrected chi connectivity index (χ2v) is 6.25. The smallest absolute Gasteiger partial charge is 0.0640 e. The third kappa shape index (κ3) is 3.64. The van der Waals surface area contributed by atoms with E-state index in [1.807, 2.05) is 42.5 Å². The van der Waals surface area contributed by atoms with Crippen molar-refractivity contribution in [2.45, 2.75) is 11.8 Å². The van der Waals surface area contributed by atoms with Crippen molar-refractivity contribution in [1.82, 2.24) is 0 Å². The van der Waals surface area contributed by atoms with Gasteiger partial charge in [-0.1, -0.05) is 57.3 Å². The van der Waals surface area contributed by atoms with Gasteiger partial charge in [-0.25, -0.2) is 0 Å². The van der Waals surface area contributed by atoms with Crippen molar-refractivity contribution in [2.75, 3.05) is 0 Å². The first kappa shape index (κ1) is 14.2. The molecule has 0 spiro atoms. The van der Waals surface area contributed by atoms with Crippen LogP contribution in [0.25, 0.3) is 0 Å². The highest BCUT2D eigenvalue weighted by atomic mass is 79.9. The van der Waals surface area contributed by atoms with E-state index in [1.54, 1.807) is 0 Å². The molecule has 0 aliphatic rings. The predicted molar refractivity (Wildman–Crippen MR) is 82.9 cm³/mol. The molecule has 0 N–H and O–H groups in total. The molecule has 0 amide bonds. The maximum absolute atomic E-state index is 6.41. The molecule has 0 aliphatic carbocycles. The van der Waals surface area contributed by atoms with E-state index in [9.17, 15) is 0 Å². The van der Waals surface area contributed by atoms with E-state index in [-0.39, 0.29) is 5.38 Å². The summed E-state index contributed by atoms with van der Waals surface area (Å²) in [5.74, 6) is 0. The van der Waals surface area contributed by atoms with Crippen LogP contribution in [-0.2, 0) is 6.42 Å². The lowest BCUT2D eigenvalue weighted by Gasteiger charge is -2.12.